The van der Waals surface area contributed by atoms with Gasteiger partial charge >= 0.3 is 0 Å². The highest BCUT2D eigenvalue weighted by Gasteiger charge is 2.12. The van der Waals surface area contributed by atoms with E-state index in [1.54, 1.807) is 12.5 Å². The molecule has 2 aromatic heterocycles. The first-order valence-electron chi connectivity index (χ1n) is 6.51. The molecular formula is C13H18N6. The fourth-order valence-corrected chi connectivity index (χ4v) is 2.35. The maximum absolute atomic E-state index is 4.63. The Morgan fingerprint density at radius 1 is 1.37 bits per heavy atom. The zero-order chi connectivity index (χ0) is 13.1. The quantitative estimate of drug-likeness (QED) is 0.860. The molecule has 0 bridgehead atoms. The second-order valence-electron chi connectivity index (χ2n) is 4.90. The van der Waals surface area contributed by atoms with Gasteiger partial charge < -0.3 is 5.32 Å². The Kier molecular flexibility index (Phi) is 3.52. The monoisotopic (exact) mass is 258 g/mol. The van der Waals surface area contributed by atoms with E-state index in [-0.39, 0.29) is 0 Å². The predicted octanol–water partition coefficient (Wildman–Crippen LogP) is 0.408. The van der Waals surface area contributed by atoms with Gasteiger partial charge in [-0.05, 0) is 19.2 Å². The van der Waals surface area contributed by atoms with Gasteiger partial charge in [-0.15, -0.1) is 0 Å². The Hall–Kier alpha value is -1.79. The lowest BCUT2D eigenvalue weighted by atomic mass is 10.3. The zero-order valence-corrected chi connectivity index (χ0v) is 11.1. The third-order valence-corrected chi connectivity index (χ3v) is 3.23. The van der Waals surface area contributed by atoms with E-state index < -0.39 is 0 Å². The summed E-state index contributed by atoms with van der Waals surface area (Å²) in [6, 6.07) is 4.13. The minimum atomic E-state index is 0.808. The Morgan fingerprint density at radius 2 is 2.26 bits per heavy atom. The molecule has 0 unspecified atom stereocenters. The maximum atomic E-state index is 4.63. The molecule has 0 radical (unpaired) electrons. The van der Waals surface area contributed by atoms with Crippen molar-refractivity contribution in [1.82, 2.24) is 30.0 Å². The average Bonchev–Trinajstić information content (AvgIpc) is 2.81. The minimum Gasteiger partial charge on any atom is -0.309 e. The summed E-state index contributed by atoms with van der Waals surface area (Å²) >= 11 is 0. The van der Waals surface area contributed by atoms with Gasteiger partial charge in [-0.3, -0.25) is 9.58 Å². The summed E-state index contributed by atoms with van der Waals surface area (Å²) < 4.78 is 2.10. The molecule has 3 heterocycles. The molecule has 0 aliphatic carbocycles. The van der Waals surface area contributed by atoms with Crippen molar-refractivity contribution in [3.63, 3.8) is 0 Å². The second kappa shape index (κ2) is 5.46. The molecule has 0 saturated heterocycles. The number of nitrogens with one attached hydrogen (secondary N) is 1. The summed E-state index contributed by atoms with van der Waals surface area (Å²) in [5.74, 6) is 0. The maximum Gasteiger partial charge on any atom is 0.115 e. The van der Waals surface area contributed by atoms with Gasteiger partial charge in [0.15, 0.2) is 0 Å². The number of nitrogens with zero attached hydrogens (tertiary/aromatic N) is 5. The first-order chi connectivity index (χ1) is 9.31. The third-order valence-electron chi connectivity index (χ3n) is 3.23. The first-order valence-corrected chi connectivity index (χ1v) is 6.51. The highest BCUT2D eigenvalue weighted by Crippen LogP contribution is 2.10. The van der Waals surface area contributed by atoms with Crippen molar-refractivity contribution in [2.24, 2.45) is 0 Å². The minimum absolute atomic E-state index is 0.808. The van der Waals surface area contributed by atoms with Gasteiger partial charge in [0.25, 0.3) is 0 Å². The van der Waals surface area contributed by atoms with E-state index in [1.165, 1.54) is 5.69 Å². The fourth-order valence-electron chi connectivity index (χ4n) is 2.35. The standard InChI is InChI=1S/C13H18N6/c1-18(8-11-2-3-15-10-16-11)9-12-6-13-7-14-4-5-19(13)17-12/h2-3,6,10,14H,4-5,7-9H2,1H3. The molecule has 3 rings (SSSR count). The van der Waals surface area contributed by atoms with E-state index in [9.17, 15) is 0 Å². The number of hydrogen-bond acceptors (Lipinski definition) is 5. The summed E-state index contributed by atoms with van der Waals surface area (Å²) in [5, 5.41) is 7.99. The summed E-state index contributed by atoms with van der Waals surface area (Å²) in [7, 11) is 2.08. The van der Waals surface area contributed by atoms with Gasteiger partial charge in [-0.25, -0.2) is 9.97 Å². The van der Waals surface area contributed by atoms with Gasteiger partial charge in [0.05, 0.1) is 23.6 Å². The molecule has 0 amide bonds. The van der Waals surface area contributed by atoms with E-state index in [1.807, 2.05) is 6.07 Å². The van der Waals surface area contributed by atoms with Gasteiger partial charge in [-0.1, -0.05) is 0 Å². The lowest BCUT2D eigenvalue weighted by molar-refractivity contribution is 0.309. The van der Waals surface area contributed by atoms with E-state index in [0.717, 1.165) is 44.1 Å². The molecule has 0 aromatic carbocycles. The Morgan fingerprint density at radius 3 is 3.05 bits per heavy atom. The van der Waals surface area contributed by atoms with Crippen LogP contribution in [0.3, 0.4) is 0 Å². The Labute approximate surface area is 112 Å². The number of aromatic nitrogens is 4. The predicted molar refractivity (Wildman–Crippen MR) is 71.1 cm³/mol. The zero-order valence-electron chi connectivity index (χ0n) is 11.1. The molecule has 0 atom stereocenters. The molecule has 1 aliphatic rings. The van der Waals surface area contributed by atoms with Crippen molar-refractivity contribution >= 4 is 0 Å². The van der Waals surface area contributed by atoms with Crippen LogP contribution in [0.5, 0.6) is 0 Å². The fraction of sp³-hybridized carbons (Fsp3) is 0.462. The van der Waals surface area contributed by atoms with Crippen molar-refractivity contribution in [1.29, 1.82) is 0 Å². The van der Waals surface area contributed by atoms with Crippen molar-refractivity contribution in [3.8, 4) is 0 Å². The topological polar surface area (TPSA) is 58.9 Å². The first kappa shape index (κ1) is 12.3. The Balaban J connectivity index is 1.63. The van der Waals surface area contributed by atoms with Crippen LogP contribution in [-0.2, 0) is 26.2 Å². The molecule has 0 spiro atoms. The summed E-state index contributed by atoms with van der Waals surface area (Å²) in [6.45, 7) is 4.53. The summed E-state index contributed by atoms with van der Waals surface area (Å²) in [5.41, 5.74) is 3.43. The van der Waals surface area contributed by atoms with E-state index in [2.05, 4.69) is 43.1 Å². The SMILES string of the molecule is CN(Cc1ccncn1)Cc1cc2n(n1)CCNC2. The average molecular weight is 258 g/mol. The molecule has 0 saturated carbocycles. The molecule has 19 heavy (non-hydrogen) atoms. The molecule has 1 N–H and O–H groups in total. The lowest BCUT2D eigenvalue weighted by Crippen LogP contribution is -2.28. The molecule has 100 valence electrons. The van der Waals surface area contributed by atoms with Crippen molar-refractivity contribution in [2.75, 3.05) is 13.6 Å². The second-order valence-corrected chi connectivity index (χ2v) is 4.90. The lowest BCUT2D eigenvalue weighted by Gasteiger charge is -2.14. The van der Waals surface area contributed by atoms with Gasteiger partial charge in [0.2, 0.25) is 0 Å². The highest BCUT2D eigenvalue weighted by atomic mass is 15.3. The molecule has 6 heteroatoms. The van der Waals surface area contributed by atoms with E-state index >= 15 is 0 Å². The van der Waals surface area contributed by atoms with Crippen LogP contribution in [0.1, 0.15) is 17.1 Å². The van der Waals surface area contributed by atoms with Crippen molar-refractivity contribution < 1.29 is 0 Å². The number of fused-ring (bicyclic) bond motifs is 1. The van der Waals surface area contributed by atoms with Gasteiger partial charge in [0.1, 0.15) is 6.33 Å². The van der Waals surface area contributed by atoms with Crippen molar-refractivity contribution in [2.45, 2.75) is 26.2 Å². The number of hydrogen-bond donors (Lipinski definition) is 1. The van der Waals surface area contributed by atoms with E-state index in [0.29, 0.717) is 0 Å². The third kappa shape index (κ3) is 2.97. The number of rotatable bonds is 4. The van der Waals surface area contributed by atoms with Crippen LogP contribution in [0.2, 0.25) is 0 Å². The van der Waals surface area contributed by atoms with Crippen LogP contribution in [-0.4, -0.2) is 38.2 Å². The van der Waals surface area contributed by atoms with Crippen LogP contribution in [0, 0.1) is 0 Å². The molecule has 1 aliphatic heterocycles. The highest BCUT2D eigenvalue weighted by molar-refractivity contribution is 5.12. The smallest absolute Gasteiger partial charge is 0.115 e. The van der Waals surface area contributed by atoms with Crippen LogP contribution in [0.15, 0.2) is 24.7 Å². The molecular weight excluding hydrogens is 240 g/mol. The molecule has 6 nitrogen and oxygen atoms in total. The van der Waals surface area contributed by atoms with Crippen LogP contribution >= 0.6 is 0 Å². The van der Waals surface area contributed by atoms with Gasteiger partial charge in [-0.2, -0.15) is 5.10 Å². The Bertz CT molecular complexity index is 512. The van der Waals surface area contributed by atoms with Crippen LogP contribution < -0.4 is 5.32 Å². The molecule has 0 fully saturated rings. The van der Waals surface area contributed by atoms with Crippen molar-refractivity contribution in [3.05, 3.63) is 41.7 Å². The summed E-state index contributed by atoms with van der Waals surface area (Å²) in [4.78, 5) is 10.4. The van der Waals surface area contributed by atoms with Crippen LogP contribution in [0.25, 0.3) is 0 Å². The normalized spacial score (nSPS) is 14.6. The van der Waals surface area contributed by atoms with Gasteiger partial charge in [0, 0.05) is 32.4 Å². The summed E-state index contributed by atoms with van der Waals surface area (Å²) in [6.07, 6.45) is 3.36. The van der Waals surface area contributed by atoms with Crippen LogP contribution in [0.4, 0.5) is 0 Å². The molecule has 2 aromatic rings. The van der Waals surface area contributed by atoms with E-state index in [4.69, 9.17) is 0 Å². The largest absolute Gasteiger partial charge is 0.309 e.